The van der Waals surface area contributed by atoms with E-state index >= 15 is 0 Å². The van der Waals surface area contributed by atoms with E-state index < -0.39 is 35.2 Å². The molecular formula is C27H27N3O5. The van der Waals surface area contributed by atoms with E-state index in [-0.39, 0.29) is 37.9 Å². The number of β-amino-alcohol motifs (C(OH)–C–C–N with tert-alkyl or cyclic N) is 1. The van der Waals surface area contributed by atoms with E-state index in [4.69, 9.17) is 0 Å². The Labute approximate surface area is 203 Å². The van der Waals surface area contributed by atoms with Gasteiger partial charge in [-0.3, -0.25) is 24.1 Å². The van der Waals surface area contributed by atoms with Crippen LogP contribution in [0.3, 0.4) is 0 Å². The van der Waals surface area contributed by atoms with Crippen molar-refractivity contribution in [3.05, 3.63) is 77.9 Å². The third-order valence-electron chi connectivity index (χ3n) is 7.41. The molecule has 2 aromatic carbocycles. The molecule has 180 valence electrons. The third-order valence-corrected chi connectivity index (χ3v) is 7.41. The molecule has 5 rings (SSSR count). The van der Waals surface area contributed by atoms with Crippen molar-refractivity contribution in [1.29, 1.82) is 0 Å². The highest BCUT2D eigenvalue weighted by Gasteiger charge is 2.73. The molecule has 3 aliphatic rings. The first-order chi connectivity index (χ1) is 16.9. The molecule has 3 fully saturated rings. The van der Waals surface area contributed by atoms with Gasteiger partial charge in [0.05, 0.1) is 31.0 Å². The lowest BCUT2D eigenvalue weighted by atomic mass is 9.74. The number of rotatable bonds is 6. The van der Waals surface area contributed by atoms with Gasteiger partial charge in [0.2, 0.25) is 23.6 Å². The van der Waals surface area contributed by atoms with Crippen LogP contribution in [-0.4, -0.2) is 81.8 Å². The number of fused-ring (bicyclic) bond motifs is 3. The molecule has 1 N–H and O–H groups in total. The lowest BCUT2D eigenvalue weighted by molar-refractivity contribution is -0.168. The molecule has 4 atom stereocenters. The molecule has 0 bridgehead atoms. The summed E-state index contributed by atoms with van der Waals surface area (Å²) in [6.07, 6.45) is 3.70. The molecular weight excluding hydrogens is 446 g/mol. The molecule has 0 aromatic heterocycles. The van der Waals surface area contributed by atoms with Crippen molar-refractivity contribution in [2.45, 2.75) is 18.0 Å². The average molecular weight is 474 g/mol. The summed E-state index contributed by atoms with van der Waals surface area (Å²) < 4.78 is 0. The van der Waals surface area contributed by atoms with E-state index in [1.54, 1.807) is 6.08 Å². The molecule has 0 saturated carbocycles. The monoisotopic (exact) mass is 473 g/mol. The highest BCUT2D eigenvalue weighted by molar-refractivity contribution is 6.13. The first-order valence-electron chi connectivity index (χ1n) is 11.7. The highest BCUT2D eigenvalue weighted by Crippen LogP contribution is 2.52. The Balaban J connectivity index is 1.69. The smallest absolute Gasteiger partial charge is 0.250 e. The van der Waals surface area contributed by atoms with Crippen LogP contribution >= 0.6 is 0 Å². The Hall–Kier alpha value is -3.78. The van der Waals surface area contributed by atoms with Crippen LogP contribution < -0.4 is 0 Å². The number of hydrogen-bond donors (Lipinski definition) is 1. The topological polar surface area (TPSA) is 98.2 Å². The quantitative estimate of drug-likeness (QED) is 0.631. The maximum absolute atomic E-state index is 14.1. The molecule has 0 radical (unpaired) electrons. The molecule has 0 spiro atoms. The standard InChI is InChI=1S/C27H27N3O5/c1-28-24(33)22-20(13-12-18-8-4-2-5-9-18)30-21(32)17-29(14-15-31)26(35)27(30,23(22)25(28)34)16-19-10-6-3-7-11-19/h2-13,20,22-23,31H,14-17H2,1H3/t20?,22?,23?,27-/m1/s1. The number of amides is 4. The van der Waals surface area contributed by atoms with Crippen LogP contribution in [0, 0.1) is 11.8 Å². The van der Waals surface area contributed by atoms with Gasteiger partial charge in [0.25, 0.3) is 0 Å². The Bertz CT molecular complexity index is 1200. The molecule has 8 heteroatoms. The highest BCUT2D eigenvalue weighted by atomic mass is 16.3. The van der Waals surface area contributed by atoms with Gasteiger partial charge in [0.15, 0.2) is 0 Å². The summed E-state index contributed by atoms with van der Waals surface area (Å²) in [6, 6.07) is 17.9. The molecule has 8 nitrogen and oxygen atoms in total. The second kappa shape index (κ2) is 8.78. The molecule has 3 heterocycles. The van der Waals surface area contributed by atoms with Crippen LogP contribution in [0.5, 0.6) is 0 Å². The molecule has 4 amide bonds. The van der Waals surface area contributed by atoms with E-state index in [0.717, 1.165) is 16.0 Å². The minimum absolute atomic E-state index is 0.0190. The van der Waals surface area contributed by atoms with E-state index in [1.165, 1.54) is 16.8 Å². The SMILES string of the molecule is CN1C(=O)C2C(C=Cc3ccccc3)N3C(=O)CN(CCO)C(=O)[C@@]3(Cc3ccccc3)C2C1=O. The molecule has 3 aliphatic heterocycles. The first kappa shape index (κ1) is 23.0. The number of hydrogen-bond acceptors (Lipinski definition) is 5. The number of aliphatic hydroxyl groups is 1. The number of carbonyl (C=O) groups excluding carboxylic acids is 4. The Morgan fingerprint density at radius 2 is 1.63 bits per heavy atom. The van der Waals surface area contributed by atoms with E-state index in [0.29, 0.717) is 0 Å². The van der Waals surface area contributed by atoms with Crippen LogP contribution in [0.15, 0.2) is 66.7 Å². The van der Waals surface area contributed by atoms with Crippen molar-refractivity contribution in [3.63, 3.8) is 0 Å². The zero-order valence-electron chi connectivity index (χ0n) is 19.4. The van der Waals surface area contributed by atoms with Crippen molar-refractivity contribution in [2.75, 3.05) is 26.7 Å². The Morgan fingerprint density at radius 3 is 2.29 bits per heavy atom. The second-order valence-electron chi connectivity index (χ2n) is 9.30. The number of carbonyl (C=O) groups is 4. The van der Waals surface area contributed by atoms with E-state index in [9.17, 15) is 24.3 Å². The number of piperazine rings is 1. The van der Waals surface area contributed by atoms with Crippen molar-refractivity contribution in [3.8, 4) is 0 Å². The number of aliphatic hydroxyl groups excluding tert-OH is 1. The summed E-state index contributed by atoms with van der Waals surface area (Å²) in [5.74, 6) is -3.46. The molecule has 3 unspecified atom stereocenters. The zero-order valence-corrected chi connectivity index (χ0v) is 19.4. The van der Waals surface area contributed by atoms with Crippen molar-refractivity contribution < 1.29 is 24.3 Å². The maximum Gasteiger partial charge on any atom is 0.250 e. The van der Waals surface area contributed by atoms with Crippen LogP contribution in [0.1, 0.15) is 11.1 Å². The fourth-order valence-corrected chi connectivity index (χ4v) is 5.93. The normalized spacial score (nSPS) is 28.3. The molecule has 0 aliphatic carbocycles. The van der Waals surface area contributed by atoms with E-state index in [2.05, 4.69) is 0 Å². The first-order valence-corrected chi connectivity index (χ1v) is 11.7. The summed E-state index contributed by atoms with van der Waals surface area (Å²) in [6.45, 7) is -0.531. The molecule has 35 heavy (non-hydrogen) atoms. The van der Waals surface area contributed by atoms with Gasteiger partial charge >= 0.3 is 0 Å². The maximum atomic E-state index is 14.1. The summed E-state index contributed by atoms with van der Waals surface area (Å²) in [4.78, 5) is 58.5. The summed E-state index contributed by atoms with van der Waals surface area (Å²) in [5, 5.41) is 9.56. The largest absolute Gasteiger partial charge is 0.395 e. The van der Waals surface area contributed by atoms with Gasteiger partial charge in [-0.2, -0.15) is 0 Å². The minimum Gasteiger partial charge on any atom is -0.395 e. The number of imide groups is 1. The van der Waals surface area contributed by atoms with Gasteiger partial charge in [-0.25, -0.2) is 0 Å². The van der Waals surface area contributed by atoms with Gasteiger partial charge in [-0.05, 0) is 11.1 Å². The number of benzene rings is 2. The summed E-state index contributed by atoms with van der Waals surface area (Å²) >= 11 is 0. The van der Waals surface area contributed by atoms with Gasteiger partial charge in [0.1, 0.15) is 5.54 Å². The zero-order chi connectivity index (χ0) is 24.7. The predicted molar refractivity (Wildman–Crippen MR) is 127 cm³/mol. The minimum atomic E-state index is -1.56. The van der Waals surface area contributed by atoms with Crippen LogP contribution in [-0.2, 0) is 25.6 Å². The van der Waals surface area contributed by atoms with Crippen LogP contribution in [0.4, 0.5) is 0 Å². The third kappa shape index (κ3) is 3.47. The van der Waals surface area contributed by atoms with E-state index in [1.807, 2.05) is 66.7 Å². The van der Waals surface area contributed by atoms with Gasteiger partial charge < -0.3 is 14.9 Å². The average Bonchev–Trinajstić information content (AvgIpc) is 3.28. The van der Waals surface area contributed by atoms with Crippen LogP contribution in [0.25, 0.3) is 6.08 Å². The van der Waals surface area contributed by atoms with Gasteiger partial charge in [-0.1, -0.05) is 72.8 Å². The van der Waals surface area contributed by atoms with Crippen molar-refractivity contribution >= 4 is 29.7 Å². The van der Waals surface area contributed by atoms with Crippen molar-refractivity contribution in [2.24, 2.45) is 11.8 Å². The predicted octanol–water partition coefficient (Wildman–Crippen LogP) is 0.958. The fourth-order valence-electron chi connectivity index (χ4n) is 5.93. The summed E-state index contributed by atoms with van der Waals surface area (Å²) in [5.41, 5.74) is 0.109. The lowest BCUT2D eigenvalue weighted by Gasteiger charge is -2.48. The molecule has 2 aromatic rings. The van der Waals surface area contributed by atoms with Crippen LogP contribution in [0.2, 0.25) is 0 Å². The number of nitrogens with zero attached hydrogens (tertiary/aromatic N) is 3. The second-order valence-corrected chi connectivity index (χ2v) is 9.30. The number of likely N-dealkylation sites (tertiary alicyclic amines) is 1. The lowest BCUT2D eigenvalue weighted by Crippen LogP contribution is -2.71. The summed E-state index contributed by atoms with van der Waals surface area (Å²) in [7, 11) is 1.43. The fraction of sp³-hybridized carbons (Fsp3) is 0.333. The van der Waals surface area contributed by atoms with Crippen molar-refractivity contribution in [1.82, 2.24) is 14.7 Å². The van der Waals surface area contributed by atoms with Gasteiger partial charge in [-0.15, -0.1) is 0 Å². The Kier molecular flexibility index (Phi) is 5.76. The van der Waals surface area contributed by atoms with Gasteiger partial charge in [0, 0.05) is 20.0 Å². The molecule has 3 saturated heterocycles. The Morgan fingerprint density at radius 1 is 0.971 bits per heavy atom.